The Morgan fingerprint density at radius 1 is 1.33 bits per heavy atom. The maximum Gasteiger partial charge on any atom is 0.180 e. The minimum absolute atomic E-state index is 0.596. The van der Waals surface area contributed by atoms with Gasteiger partial charge in [0.2, 0.25) is 0 Å². The number of nitrogens with zero attached hydrogens (tertiary/aromatic N) is 1. The van der Waals surface area contributed by atoms with Crippen molar-refractivity contribution >= 4 is 16.5 Å². The zero-order valence-corrected chi connectivity index (χ0v) is 9.25. The van der Waals surface area contributed by atoms with Gasteiger partial charge in [-0.15, -0.1) is 0 Å². The zero-order chi connectivity index (χ0) is 10.7. The van der Waals surface area contributed by atoms with Crippen molar-refractivity contribution in [2.24, 2.45) is 0 Å². The van der Waals surface area contributed by atoms with Gasteiger partial charge in [0.25, 0.3) is 0 Å². The molecule has 2 N–H and O–H groups in total. The highest BCUT2D eigenvalue weighted by Gasteiger charge is 2.02. The lowest BCUT2D eigenvalue weighted by atomic mass is 10.2. The molecule has 1 aromatic carbocycles. The minimum Gasteiger partial charge on any atom is -0.494 e. The molecule has 0 atom stereocenters. The number of hydrogen-bond acceptors (Lipinski definition) is 4. The van der Waals surface area contributed by atoms with E-state index in [0.717, 1.165) is 16.2 Å². The Labute approximate surface area is 92.5 Å². The SMILES string of the molecule is CCOc1ccc(-c2cnc(N)s2)cc1. The molecular weight excluding hydrogens is 208 g/mol. The van der Waals surface area contributed by atoms with Crippen molar-refractivity contribution in [1.29, 1.82) is 0 Å². The van der Waals surface area contributed by atoms with E-state index in [-0.39, 0.29) is 0 Å². The fourth-order valence-corrected chi connectivity index (χ4v) is 1.99. The van der Waals surface area contributed by atoms with Gasteiger partial charge in [0.05, 0.1) is 11.5 Å². The number of rotatable bonds is 3. The summed E-state index contributed by atoms with van der Waals surface area (Å²) in [4.78, 5) is 5.10. The summed E-state index contributed by atoms with van der Waals surface area (Å²) in [6.45, 7) is 2.66. The molecule has 3 nitrogen and oxygen atoms in total. The summed E-state index contributed by atoms with van der Waals surface area (Å²) in [5.41, 5.74) is 6.69. The lowest BCUT2D eigenvalue weighted by Crippen LogP contribution is -1.90. The largest absolute Gasteiger partial charge is 0.494 e. The van der Waals surface area contributed by atoms with Crippen molar-refractivity contribution in [3.05, 3.63) is 30.5 Å². The highest BCUT2D eigenvalue weighted by Crippen LogP contribution is 2.28. The molecule has 0 aliphatic heterocycles. The quantitative estimate of drug-likeness (QED) is 0.865. The van der Waals surface area contributed by atoms with Gasteiger partial charge >= 0.3 is 0 Å². The zero-order valence-electron chi connectivity index (χ0n) is 8.43. The van der Waals surface area contributed by atoms with Crippen LogP contribution in [0, 0.1) is 0 Å². The van der Waals surface area contributed by atoms with Crippen LogP contribution in [0.3, 0.4) is 0 Å². The van der Waals surface area contributed by atoms with Crippen LogP contribution >= 0.6 is 11.3 Å². The number of nitrogen functional groups attached to an aromatic ring is 1. The number of aromatic nitrogens is 1. The molecule has 2 rings (SSSR count). The summed E-state index contributed by atoms with van der Waals surface area (Å²) in [5, 5.41) is 0.596. The molecule has 4 heteroatoms. The van der Waals surface area contributed by atoms with Gasteiger partial charge in [-0.1, -0.05) is 11.3 Å². The monoisotopic (exact) mass is 220 g/mol. The van der Waals surface area contributed by atoms with Crippen LogP contribution < -0.4 is 10.5 Å². The number of nitrogens with two attached hydrogens (primary N) is 1. The van der Waals surface area contributed by atoms with Gasteiger partial charge in [-0.05, 0) is 36.8 Å². The molecule has 78 valence electrons. The second kappa shape index (κ2) is 4.31. The molecule has 0 aliphatic rings. The maximum atomic E-state index is 5.58. The van der Waals surface area contributed by atoms with Crippen LogP contribution in [-0.4, -0.2) is 11.6 Å². The fourth-order valence-electron chi connectivity index (χ4n) is 1.30. The molecule has 0 saturated carbocycles. The normalized spacial score (nSPS) is 10.2. The second-order valence-electron chi connectivity index (χ2n) is 3.02. The van der Waals surface area contributed by atoms with Crippen LogP contribution in [-0.2, 0) is 0 Å². The molecule has 1 aromatic heterocycles. The Kier molecular flexibility index (Phi) is 2.87. The lowest BCUT2D eigenvalue weighted by Gasteiger charge is -2.02. The van der Waals surface area contributed by atoms with Crippen LogP contribution in [0.25, 0.3) is 10.4 Å². The smallest absolute Gasteiger partial charge is 0.180 e. The van der Waals surface area contributed by atoms with Crippen molar-refractivity contribution in [2.75, 3.05) is 12.3 Å². The number of benzene rings is 1. The number of hydrogen-bond donors (Lipinski definition) is 1. The number of thiazole rings is 1. The highest BCUT2D eigenvalue weighted by molar-refractivity contribution is 7.18. The first-order chi connectivity index (χ1) is 7.29. The van der Waals surface area contributed by atoms with Crippen molar-refractivity contribution in [3.63, 3.8) is 0 Å². The molecular formula is C11H12N2OS. The van der Waals surface area contributed by atoms with Gasteiger partial charge in [0.15, 0.2) is 5.13 Å². The van der Waals surface area contributed by atoms with E-state index >= 15 is 0 Å². The molecule has 15 heavy (non-hydrogen) atoms. The predicted octanol–water partition coefficient (Wildman–Crippen LogP) is 2.79. The second-order valence-corrected chi connectivity index (χ2v) is 4.08. The summed E-state index contributed by atoms with van der Waals surface area (Å²) in [5.74, 6) is 0.888. The summed E-state index contributed by atoms with van der Waals surface area (Å²) in [6.07, 6.45) is 1.79. The van der Waals surface area contributed by atoms with Crippen LogP contribution in [0.15, 0.2) is 30.5 Å². The van der Waals surface area contributed by atoms with Crippen molar-refractivity contribution in [2.45, 2.75) is 6.92 Å². The van der Waals surface area contributed by atoms with Crippen molar-refractivity contribution < 1.29 is 4.74 Å². The lowest BCUT2D eigenvalue weighted by molar-refractivity contribution is 0.340. The third-order valence-electron chi connectivity index (χ3n) is 1.97. The summed E-state index contributed by atoms with van der Waals surface area (Å²) < 4.78 is 5.37. The van der Waals surface area contributed by atoms with E-state index < -0.39 is 0 Å². The van der Waals surface area contributed by atoms with Crippen LogP contribution in [0.4, 0.5) is 5.13 Å². The van der Waals surface area contributed by atoms with Crippen LogP contribution in [0.5, 0.6) is 5.75 Å². The summed E-state index contributed by atoms with van der Waals surface area (Å²) >= 11 is 1.49. The first-order valence-corrected chi connectivity index (χ1v) is 5.56. The fraction of sp³-hybridized carbons (Fsp3) is 0.182. The summed E-state index contributed by atoms with van der Waals surface area (Å²) in [7, 11) is 0. The Morgan fingerprint density at radius 3 is 2.60 bits per heavy atom. The molecule has 0 spiro atoms. The standard InChI is InChI=1S/C11H12N2OS/c1-2-14-9-5-3-8(4-6-9)10-7-13-11(12)15-10/h3-7H,2H2,1H3,(H2,12,13). The van der Waals surface area contributed by atoms with Gasteiger partial charge in [0.1, 0.15) is 5.75 Å². The minimum atomic E-state index is 0.596. The predicted molar refractivity (Wildman–Crippen MR) is 63.1 cm³/mol. The Bertz CT molecular complexity index is 436. The molecule has 0 saturated heterocycles. The average molecular weight is 220 g/mol. The van der Waals surface area contributed by atoms with E-state index in [1.165, 1.54) is 11.3 Å². The molecule has 0 radical (unpaired) electrons. The molecule has 0 aliphatic carbocycles. The first kappa shape index (κ1) is 9.98. The molecule has 0 fully saturated rings. The van der Waals surface area contributed by atoms with Crippen molar-refractivity contribution in [3.8, 4) is 16.2 Å². The van der Waals surface area contributed by atoms with E-state index in [2.05, 4.69) is 4.98 Å². The van der Waals surface area contributed by atoms with E-state index in [0.29, 0.717) is 11.7 Å². The van der Waals surface area contributed by atoms with Gasteiger partial charge in [-0.3, -0.25) is 0 Å². The Morgan fingerprint density at radius 2 is 2.07 bits per heavy atom. The molecule has 1 heterocycles. The molecule has 0 unspecified atom stereocenters. The van der Waals surface area contributed by atoms with E-state index in [1.54, 1.807) is 6.20 Å². The molecule has 0 amide bonds. The van der Waals surface area contributed by atoms with Gasteiger partial charge < -0.3 is 10.5 Å². The molecule has 0 bridgehead atoms. The molecule has 2 aromatic rings. The first-order valence-electron chi connectivity index (χ1n) is 4.74. The topological polar surface area (TPSA) is 48.1 Å². The van der Waals surface area contributed by atoms with E-state index in [1.807, 2.05) is 31.2 Å². The average Bonchev–Trinajstić information content (AvgIpc) is 2.67. The number of anilines is 1. The Hall–Kier alpha value is -1.55. The summed E-state index contributed by atoms with van der Waals surface area (Å²) in [6, 6.07) is 7.93. The maximum absolute atomic E-state index is 5.58. The van der Waals surface area contributed by atoms with Gasteiger partial charge in [0, 0.05) is 6.20 Å². The van der Waals surface area contributed by atoms with Gasteiger partial charge in [-0.2, -0.15) is 0 Å². The van der Waals surface area contributed by atoms with Gasteiger partial charge in [-0.25, -0.2) is 4.98 Å². The van der Waals surface area contributed by atoms with Crippen LogP contribution in [0.2, 0.25) is 0 Å². The Balaban J connectivity index is 2.23. The highest BCUT2D eigenvalue weighted by atomic mass is 32.1. The third-order valence-corrected chi connectivity index (χ3v) is 2.85. The van der Waals surface area contributed by atoms with E-state index in [4.69, 9.17) is 10.5 Å². The number of ether oxygens (including phenoxy) is 1. The van der Waals surface area contributed by atoms with E-state index in [9.17, 15) is 0 Å². The third kappa shape index (κ3) is 2.27. The van der Waals surface area contributed by atoms with Crippen LogP contribution in [0.1, 0.15) is 6.92 Å². The van der Waals surface area contributed by atoms with Crippen molar-refractivity contribution in [1.82, 2.24) is 4.98 Å².